The van der Waals surface area contributed by atoms with Gasteiger partial charge in [0.1, 0.15) is 5.75 Å². The van der Waals surface area contributed by atoms with Crippen LogP contribution in [0.4, 0.5) is 0 Å². The van der Waals surface area contributed by atoms with Crippen molar-refractivity contribution in [3.63, 3.8) is 0 Å². The highest BCUT2D eigenvalue weighted by atomic mass is 31.1. The summed E-state index contributed by atoms with van der Waals surface area (Å²) in [5, 5.41) is 13.0. The summed E-state index contributed by atoms with van der Waals surface area (Å²) in [7, 11) is -1.62. The summed E-state index contributed by atoms with van der Waals surface area (Å²) in [6, 6.07) is 20.4. The largest absolute Gasteiger partial charge is 0.508 e. The monoisotopic (exact) mass is 267 g/mol. The molecule has 0 radical (unpaired) electrons. The van der Waals surface area contributed by atoms with Crippen LogP contribution in [0.2, 0.25) is 0 Å². The second-order valence-corrected chi connectivity index (χ2v) is 5.96. The summed E-state index contributed by atoms with van der Waals surface area (Å²) >= 11 is 0. The average molecular weight is 267 g/mol. The first-order chi connectivity index (χ1) is 9.24. The molecule has 19 heavy (non-hydrogen) atoms. The predicted octanol–water partition coefficient (Wildman–Crippen LogP) is 3.32. The minimum atomic E-state index is -1.62. The molecule has 3 rings (SSSR count). The molecule has 1 unspecified atom stereocenters. The molecule has 92 valence electrons. The number of benzene rings is 3. The van der Waals surface area contributed by atoms with E-state index in [1.54, 1.807) is 24.3 Å². The van der Waals surface area contributed by atoms with E-state index in [-0.39, 0.29) is 5.75 Å². The third-order valence-corrected chi connectivity index (χ3v) is 4.57. The normalized spacial score (nSPS) is 11.5. The Morgan fingerprint density at radius 2 is 1.37 bits per heavy atom. The highest BCUT2D eigenvalue weighted by Crippen LogP contribution is 2.23. The Hall–Kier alpha value is -2.18. The van der Waals surface area contributed by atoms with E-state index in [1.807, 2.05) is 42.5 Å². The van der Waals surface area contributed by atoms with E-state index in [1.165, 1.54) is 0 Å². The van der Waals surface area contributed by atoms with Gasteiger partial charge < -0.3 is 5.11 Å². The predicted molar refractivity (Wildman–Crippen MR) is 78.9 cm³/mol. The minimum Gasteiger partial charge on any atom is -0.508 e. The van der Waals surface area contributed by atoms with Crippen molar-refractivity contribution in [2.24, 2.45) is 0 Å². The van der Waals surface area contributed by atoms with Crippen LogP contribution in [0.15, 0.2) is 66.7 Å². The maximum atomic E-state index is 12.5. The fourth-order valence-electron chi connectivity index (χ4n) is 2.04. The fourth-order valence-corrected chi connectivity index (χ4v) is 3.22. The third kappa shape index (κ3) is 2.35. The van der Waals surface area contributed by atoms with Gasteiger partial charge in [0.2, 0.25) is 0 Å². The smallest absolute Gasteiger partial charge is 0.415 e. The zero-order valence-corrected chi connectivity index (χ0v) is 11.0. The Balaban J connectivity index is 2.04. The average Bonchev–Trinajstić information content (AvgIpc) is 2.47. The number of phenolic OH excluding ortho intramolecular Hbond substituents is 1. The van der Waals surface area contributed by atoms with Crippen LogP contribution >= 0.6 is 7.80 Å². The molecule has 0 aromatic heterocycles. The molecule has 2 nitrogen and oxygen atoms in total. The number of aromatic hydroxyl groups is 1. The molecule has 0 fully saturated rings. The first-order valence-electron chi connectivity index (χ1n) is 5.99. The lowest BCUT2D eigenvalue weighted by atomic mass is 10.1. The molecule has 0 aliphatic heterocycles. The van der Waals surface area contributed by atoms with Gasteiger partial charge >= 0.3 is 7.80 Å². The highest BCUT2D eigenvalue weighted by molar-refractivity contribution is 7.61. The highest BCUT2D eigenvalue weighted by Gasteiger charge is 2.23. The van der Waals surface area contributed by atoms with Crippen LogP contribution < -0.4 is 10.6 Å². The molecule has 0 bridgehead atoms. The molecule has 3 aromatic rings. The van der Waals surface area contributed by atoms with Crippen molar-refractivity contribution in [3.8, 4) is 5.75 Å². The maximum Gasteiger partial charge on any atom is 0.415 e. The summed E-state index contributed by atoms with van der Waals surface area (Å²) in [5.41, 5.74) is 0. The molecule has 0 saturated heterocycles. The number of hydrogen-bond donors (Lipinski definition) is 1. The number of phenols is 1. The zero-order valence-electron chi connectivity index (χ0n) is 10.2. The second kappa shape index (κ2) is 4.83. The molecule has 3 heteroatoms. The first-order valence-corrected chi connectivity index (χ1v) is 7.25. The zero-order chi connectivity index (χ0) is 13.2. The molecule has 0 aliphatic rings. The van der Waals surface area contributed by atoms with Crippen molar-refractivity contribution in [1.82, 2.24) is 0 Å². The molecule has 0 aliphatic carbocycles. The number of hydrogen-bond acceptors (Lipinski definition) is 2. The Bertz CT molecular complexity index is 748. The van der Waals surface area contributed by atoms with E-state index < -0.39 is 7.80 Å². The van der Waals surface area contributed by atoms with Gasteiger partial charge in [0, 0.05) is 0 Å². The van der Waals surface area contributed by atoms with Crippen molar-refractivity contribution in [2.75, 3.05) is 0 Å². The van der Waals surface area contributed by atoms with Gasteiger partial charge in [-0.2, -0.15) is 0 Å². The van der Waals surface area contributed by atoms with Gasteiger partial charge in [-0.15, -0.1) is 0 Å². The molecule has 3 aromatic carbocycles. The van der Waals surface area contributed by atoms with Gasteiger partial charge in [-0.25, -0.2) is 0 Å². The van der Waals surface area contributed by atoms with Crippen LogP contribution in [-0.4, -0.2) is 5.11 Å². The molecule has 1 N–H and O–H groups in total. The van der Waals surface area contributed by atoms with Crippen molar-refractivity contribution < 1.29 is 9.67 Å². The number of fused-ring (bicyclic) bond motifs is 1. The van der Waals surface area contributed by atoms with Crippen molar-refractivity contribution in [1.29, 1.82) is 0 Å². The van der Waals surface area contributed by atoms with E-state index in [0.29, 0.717) is 0 Å². The van der Waals surface area contributed by atoms with Gasteiger partial charge in [0.15, 0.2) is 10.6 Å². The quantitative estimate of drug-likeness (QED) is 0.723. The molecule has 0 saturated carbocycles. The van der Waals surface area contributed by atoms with Gasteiger partial charge in [-0.05, 0) is 53.2 Å². The van der Waals surface area contributed by atoms with Crippen LogP contribution in [0.3, 0.4) is 0 Å². The standard InChI is InChI=1S/C16H11O2P/c17-14-6-9-15(10-7-14)19(18)16-8-5-12-3-1-2-4-13(12)11-16/h1-11H/p+1. The summed E-state index contributed by atoms with van der Waals surface area (Å²) in [6.07, 6.45) is 0. The van der Waals surface area contributed by atoms with E-state index >= 15 is 0 Å². The third-order valence-electron chi connectivity index (χ3n) is 3.05. The SMILES string of the molecule is O=[P+](c1ccc(O)cc1)c1ccc2ccccc2c1. The Morgan fingerprint density at radius 1 is 0.737 bits per heavy atom. The van der Waals surface area contributed by atoms with Gasteiger partial charge in [0.05, 0.1) is 0 Å². The molecule has 0 heterocycles. The first kappa shape index (κ1) is 11.9. The topological polar surface area (TPSA) is 37.3 Å². The maximum absolute atomic E-state index is 12.5. The Kier molecular flexibility index (Phi) is 3.02. The lowest BCUT2D eigenvalue weighted by Crippen LogP contribution is -2.05. The van der Waals surface area contributed by atoms with E-state index in [0.717, 1.165) is 21.4 Å². The van der Waals surface area contributed by atoms with Gasteiger partial charge in [0.25, 0.3) is 0 Å². The van der Waals surface area contributed by atoms with E-state index in [2.05, 4.69) is 0 Å². The van der Waals surface area contributed by atoms with E-state index in [4.69, 9.17) is 0 Å². The summed E-state index contributed by atoms with van der Waals surface area (Å²) < 4.78 is 12.5. The molecular formula is C16H12O2P+. The molecule has 1 atom stereocenters. The lowest BCUT2D eigenvalue weighted by Gasteiger charge is -1.96. The minimum absolute atomic E-state index is 0.186. The molecular weight excluding hydrogens is 255 g/mol. The second-order valence-electron chi connectivity index (χ2n) is 4.34. The van der Waals surface area contributed by atoms with Crippen molar-refractivity contribution in [3.05, 3.63) is 66.7 Å². The summed E-state index contributed by atoms with van der Waals surface area (Å²) in [4.78, 5) is 0. The molecule has 0 spiro atoms. The lowest BCUT2D eigenvalue weighted by molar-refractivity contribution is 0.475. The van der Waals surface area contributed by atoms with Crippen LogP contribution in [0, 0.1) is 0 Å². The number of rotatable bonds is 2. The van der Waals surface area contributed by atoms with Crippen molar-refractivity contribution >= 4 is 29.2 Å². The Morgan fingerprint density at radius 3 is 2.11 bits per heavy atom. The fraction of sp³-hybridized carbons (Fsp3) is 0. The van der Waals surface area contributed by atoms with Crippen molar-refractivity contribution in [2.45, 2.75) is 0 Å². The van der Waals surface area contributed by atoms with Gasteiger partial charge in [-0.1, -0.05) is 28.8 Å². The van der Waals surface area contributed by atoms with Crippen LogP contribution in [-0.2, 0) is 4.57 Å². The van der Waals surface area contributed by atoms with Crippen LogP contribution in [0.1, 0.15) is 0 Å². The summed E-state index contributed by atoms with van der Waals surface area (Å²) in [6.45, 7) is 0. The van der Waals surface area contributed by atoms with E-state index in [9.17, 15) is 9.67 Å². The van der Waals surface area contributed by atoms with Gasteiger partial charge in [-0.3, -0.25) is 0 Å². The Labute approximate surface area is 112 Å². The van der Waals surface area contributed by atoms with Crippen LogP contribution in [0.25, 0.3) is 10.8 Å². The summed E-state index contributed by atoms with van der Waals surface area (Å²) in [5.74, 6) is 0.186. The molecule has 0 amide bonds. The van der Waals surface area contributed by atoms with Crippen LogP contribution in [0.5, 0.6) is 5.75 Å².